The Morgan fingerprint density at radius 3 is 2.81 bits per heavy atom. The lowest BCUT2D eigenvalue weighted by Gasteiger charge is -2.23. The SMILES string of the molecule is CN(C(=O)CCc1ncc(-c2ccc(Cl)cc2Cl)o1)C1CCNC1.Cl.Cl. The summed E-state index contributed by atoms with van der Waals surface area (Å²) in [6.07, 6.45) is 3.47. The summed E-state index contributed by atoms with van der Waals surface area (Å²) in [5.74, 6) is 1.21. The molecule has 9 heteroatoms. The number of hydrogen-bond acceptors (Lipinski definition) is 4. The molecule has 2 heterocycles. The molecule has 1 aromatic carbocycles. The van der Waals surface area contributed by atoms with Crippen molar-refractivity contribution in [3.63, 3.8) is 0 Å². The lowest BCUT2D eigenvalue weighted by atomic mass is 10.2. The van der Waals surface area contributed by atoms with Crippen LogP contribution < -0.4 is 5.32 Å². The zero-order chi connectivity index (χ0) is 17.1. The number of aryl methyl sites for hydroxylation is 1. The lowest BCUT2D eigenvalue weighted by molar-refractivity contribution is -0.131. The third-order valence-corrected chi connectivity index (χ3v) is 4.83. The van der Waals surface area contributed by atoms with Gasteiger partial charge in [-0.3, -0.25) is 4.79 Å². The van der Waals surface area contributed by atoms with Gasteiger partial charge in [0, 0.05) is 43.1 Å². The first-order valence-corrected chi connectivity index (χ1v) is 8.66. The molecule has 144 valence electrons. The number of carbonyl (C=O) groups is 1. The van der Waals surface area contributed by atoms with Gasteiger partial charge in [-0.1, -0.05) is 23.2 Å². The molecule has 1 unspecified atom stereocenters. The molecule has 1 saturated heterocycles. The van der Waals surface area contributed by atoms with Gasteiger partial charge >= 0.3 is 0 Å². The highest BCUT2D eigenvalue weighted by Gasteiger charge is 2.23. The van der Waals surface area contributed by atoms with Gasteiger partial charge in [-0.25, -0.2) is 4.98 Å². The van der Waals surface area contributed by atoms with Crippen LogP contribution in [-0.2, 0) is 11.2 Å². The molecule has 0 radical (unpaired) electrons. The van der Waals surface area contributed by atoms with Crippen molar-refractivity contribution in [3.05, 3.63) is 40.3 Å². The van der Waals surface area contributed by atoms with E-state index in [4.69, 9.17) is 27.6 Å². The van der Waals surface area contributed by atoms with Gasteiger partial charge in [0.25, 0.3) is 0 Å². The number of carbonyl (C=O) groups excluding carboxylic acids is 1. The number of nitrogens with one attached hydrogen (secondary N) is 1. The lowest BCUT2D eigenvalue weighted by Crippen LogP contribution is -2.38. The highest BCUT2D eigenvalue weighted by molar-refractivity contribution is 6.36. The second kappa shape index (κ2) is 10.4. The molecule has 0 spiro atoms. The molecule has 0 saturated carbocycles. The van der Waals surface area contributed by atoms with E-state index < -0.39 is 0 Å². The van der Waals surface area contributed by atoms with Gasteiger partial charge in [-0.05, 0) is 31.2 Å². The van der Waals surface area contributed by atoms with Crippen molar-refractivity contribution >= 4 is 53.9 Å². The molecule has 2 aromatic rings. The highest BCUT2D eigenvalue weighted by atomic mass is 35.5. The Balaban J connectivity index is 0.00000169. The quantitative estimate of drug-likeness (QED) is 0.755. The summed E-state index contributed by atoms with van der Waals surface area (Å²) in [5.41, 5.74) is 0.736. The van der Waals surface area contributed by atoms with Crippen LogP contribution in [0.25, 0.3) is 11.3 Å². The monoisotopic (exact) mass is 439 g/mol. The van der Waals surface area contributed by atoms with E-state index in [0.717, 1.165) is 25.1 Å². The minimum atomic E-state index is 0. The Bertz CT molecular complexity index is 733. The van der Waals surface area contributed by atoms with Crippen LogP contribution in [0.2, 0.25) is 10.0 Å². The number of oxazole rings is 1. The van der Waals surface area contributed by atoms with Gasteiger partial charge < -0.3 is 14.6 Å². The van der Waals surface area contributed by atoms with Crippen molar-refractivity contribution < 1.29 is 9.21 Å². The van der Waals surface area contributed by atoms with Crippen LogP contribution >= 0.6 is 48.0 Å². The van der Waals surface area contributed by atoms with Gasteiger partial charge in [0.05, 0.1) is 11.2 Å². The number of hydrogen-bond donors (Lipinski definition) is 1. The minimum absolute atomic E-state index is 0. The fourth-order valence-electron chi connectivity index (χ4n) is 2.80. The molecule has 1 aliphatic rings. The summed E-state index contributed by atoms with van der Waals surface area (Å²) in [6.45, 7) is 1.83. The van der Waals surface area contributed by atoms with E-state index in [1.54, 1.807) is 24.4 Å². The van der Waals surface area contributed by atoms with E-state index in [1.165, 1.54) is 0 Å². The van der Waals surface area contributed by atoms with Crippen molar-refractivity contribution in [1.29, 1.82) is 0 Å². The Kier molecular flexibility index (Phi) is 9.21. The van der Waals surface area contributed by atoms with E-state index in [-0.39, 0.29) is 36.8 Å². The molecule has 1 amide bonds. The topological polar surface area (TPSA) is 58.4 Å². The van der Waals surface area contributed by atoms with Gasteiger partial charge in [-0.2, -0.15) is 0 Å². The van der Waals surface area contributed by atoms with Crippen molar-refractivity contribution in [1.82, 2.24) is 15.2 Å². The summed E-state index contributed by atoms with van der Waals surface area (Å²) in [6, 6.07) is 5.49. The zero-order valence-electron chi connectivity index (χ0n) is 14.2. The van der Waals surface area contributed by atoms with E-state index in [0.29, 0.717) is 34.5 Å². The van der Waals surface area contributed by atoms with Crippen LogP contribution in [0.1, 0.15) is 18.7 Å². The summed E-state index contributed by atoms with van der Waals surface area (Å²) in [7, 11) is 1.86. The van der Waals surface area contributed by atoms with Crippen LogP contribution in [0.4, 0.5) is 0 Å². The van der Waals surface area contributed by atoms with Crippen molar-refractivity contribution in [2.24, 2.45) is 0 Å². The van der Waals surface area contributed by atoms with Crippen LogP contribution in [-0.4, -0.2) is 42.0 Å². The molecule has 1 atom stereocenters. The fraction of sp³-hybridized carbons (Fsp3) is 0.412. The maximum absolute atomic E-state index is 12.3. The van der Waals surface area contributed by atoms with Gasteiger partial charge in [0.1, 0.15) is 0 Å². The maximum atomic E-state index is 12.3. The summed E-state index contributed by atoms with van der Waals surface area (Å²) in [4.78, 5) is 18.3. The van der Waals surface area contributed by atoms with Crippen LogP contribution in [0.15, 0.2) is 28.8 Å². The van der Waals surface area contributed by atoms with Crippen LogP contribution in [0.3, 0.4) is 0 Å². The van der Waals surface area contributed by atoms with E-state index >= 15 is 0 Å². The van der Waals surface area contributed by atoms with Crippen molar-refractivity contribution in [2.45, 2.75) is 25.3 Å². The number of aromatic nitrogens is 1. The number of likely N-dealkylation sites (N-methyl/N-ethyl adjacent to an activating group) is 1. The molecule has 0 aliphatic carbocycles. The molecule has 26 heavy (non-hydrogen) atoms. The Morgan fingerprint density at radius 1 is 1.38 bits per heavy atom. The summed E-state index contributed by atoms with van der Waals surface area (Å²) in [5, 5.41) is 4.34. The number of rotatable bonds is 5. The maximum Gasteiger partial charge on any atom is 0.223 e. The predicted molar refractivity (Wildman–Crippen MR) is 109 cm³/mol. The number of nitrogens with zero attached hydrogens (tertiary/aromatic N) is 2. The molecule has 1 aliphatic heterocycles. The first-order chi connectivity index (χ1) is 11.5. The zero-order valence-corrected chi connectivity index (χ0v) is 17.4. The van der Waals surface area contributed by atoms with E-state index in [9.17, 15) is 4.79 Å². The Hall–Kier alpha value is -0.980. The van der Waals surface area contributed by atoms with Crippen molar-refractivity contribution in [3.8, 4) is 11.3 Å². The Morgan fingerprint density at radius 2 is 2.15 bits per heavy atom. The summed E-state index contributed by atoms with van der Waals surface area (Å²) < 4.78 is 5.72. The van der Waals surface area contributed by atoms with Gasteiger partial charge in [0.15, 0.2) is 11.7 Å². The molecule has 1 fully saturated rings. The fourth-order valence-corrected chi connectivity index (χ4v) is 3.31. The van der Waals surface area contributed by atoms with E-state index in [2.05, 4.69) is 10.3 Å². The molecule has 1 N–H and O–H groups in total. The standard InChI is InChI=1S/C17H19Cl2N3O2.2ClH/c1-22(12-6-7-20-9-12)17(23)5-4-16-21-10-15(24-16)13-3-2-11(18)8-14(13)19;;/h2-3,8,10,12,20H,4-7,9H2,1H3;2*1H. The van der Waals surface area contributed by atoms with Crippen molar-refractivity contribution in [2.75, 3.05) is 20.1 Å². The molecule has 0 bridgehead atoms. The molecular formula is C17H21Cl4N3O2. The molecule has 1 aromatic heterocycles. The molecular weight excluding hydrogens is 420 g/mol. The van der Waals surface area contributed by atoms with Crippen LogP contribution in [0.5, 0.6) is 0 Å². The number of benzene rings is 1. The smallest absolute Gasteiger partial charge is 0.223 e. The largest absolute Gasteiger partial charge is 0.441 e. The summed E-state index contributed by atoms with van der Waals surface area (Å²) >= 11 is 12.1. The average molecular weight is 441 g/mol. The Labute approximate surface area is 175 Å². The predicted octanol–water partition coefficient (Wildman–Crippen LogP) is 4.24. The first kappa shape index (κ1) is 23.1. The highest BCUT2D eigenvalue weighted by Crippen LogP contribution is 2.30. The van der Waals surface area contributed by atoms with Crippen LogP contribution in [0, 0.1) is 0 Å². The normalized spacial score (nSPS) is 15.9. The average Bonchev–Trinajstić information content (AvgIpc) is 3.23. The number of halogens is 4. The molecule has 3 rings (SSSR count). The minimum Gasteiger partial charge on any atom is -0.441 e. The third kappa shape index (κ3) is 5.51. The molecule has 5 nitrogen and oxygen atoms in total. The second-order valence-electron chi connectivity index (χ2n) is 5.89. The van der Waals surface area contributed by atoms with Gasteiger partial charge in [-0.15, -0.1) is 24.8 Å². The number of amides is 1. The third-order valence-electron chi connectivity index (χ3n) is 4.28. The second-order valence-corrected chi connectivity index (χ2v) is 6.74. The van der Waals surface area contributed by atoms with E-state index in [1.807, 2.05) is 11.9 Å². The van der Waals surface area contributed by atoms with Gasteiger partial charge in [0.2, 0.25) is 5.91 Å². The first-order valence-electron chi connectivity index (χ1n) is 7.91.